The van der Waals surface area contributed by atoms with E-state index in [0.29, 0.717) is 37.4 Å². The summed E-state index contributed by atoms with van der Waals surface area (Å²) >= 11 is 0. The summed E-state index contributed by atoms with van der Waals surface area (Å²) < 4.78 is 31.8. The van der Waals surface area contributed by atoms with Crippen molar-refractivity contribution in [3.05, 3.63) is 28.8 Å². The molecule has 0 amide bonds. The minimum atomic E-state index is -3.50. The lowest BCUT2D eigenvalue weighted by molar-refractivity contribution is 0.0730. The summed E-state index contributed by atoms with van der Waals surface area (Å²) in [4.78, 5) is 0.282. The molecule has 1 aliphatic rings. The van der Waals surface area contributed by atoms with E-state index in [-0.39, 0.29) is 11.5 Å². The summed E-state index contributed by atoms with van der Waals surface area (Å²) in [6.45, 7) is 5.10. The smallest absolute Gasteiger partial charge is 0.243 e. The van der Waals surface area contributed by atoms with E-state index in [2.05, 4.69) is 0 Å². The average Bonchev–Trinajstić information content (AvgIpc) is 2.39. The number of sulfonamides is 1. The zero-order valence-electron chi connectivity index (χ0n) is 11.2. The molecule has 1 heterocycles. The van der Waals surface area contributed by atoms with Crippen LogP contribution in [0.15, 0.2) is 17.0 Å². The molecule has 106 valence electrons. The maximum Gasteiger partial charge on any atom is 0.243 e. The first-order valence-corrected chi connectivity index (χ1v) is 7.69. The van der Waals surface area contributed by atoms with Gasteiger partial charge in [0.25, 0.3) is 0 Å². The molecule has 19 heavy (non-hydrogen) atoms. The molecule has 1 aromatic rings. The largest absolute Gasteiger partial charge is 0.392 e. The van der Waals surface area contributed by atoms with Crippen molar-refractivity contribution in [2.45, 2.75) is 25.3 Å². The first-order chi connectivity index (χ1) is 8.96. The van der Waals surface area contributed by atoms with Gasteiger partial charge in [-0.3, -0.25) is 0 Å². The molecule has 1 saturated heterocycles. The quantitative estimate of drug-likeness (QED) is 0.893. The van der Waals surface area contributed by atoms with Crippen molar-refractivity contribution >= 4 is 10.0 Å². The minimum absolute atomic E-state index is 0.155. The molecule has 0 saturated carbocycles. The van der Waals surface area contributed by atoms with Gasteiger partial charge in [-0.05, 0) is 36.6 Å². The number of morpholine rings is 1. The number of aryl methyl sites for hydroxylation is 2. The van der Waals surface area contributed by atoms with Gasteiger partial charge in [-0.2, -0.15) is 4.31 Å². The third-order valence-electron chi connectivity index (χ3n) is 3.39. The maximum atomic E-state index is 12.6. The van der Waals surface area contributed by atoms with Gasteiger partial charge in [0, 0.05) is 13.1 Å². The van der Waals surface area contributed by atoms with Crippen LogP contribution < -0.4 is 0 Å². The van der Waals surface area contributed by atoms with E-state index in [4.69, 9.17) is 4.74 Å². The number of hydrogen-bond acceptors (Lipinski definition) is 4. The molecule has 0 unspecified atom stereocenters. The Labute approximate surface area is 113 Å². The van der Waals surface area contributed by atoms with E-state index in [1.165, 1.54) is 4.31 Å². The maximum absolute atomic E-state index is 12.6. The van der Waals surface area contributed by atoms with Gasteiger partial charge in [0.05, 0.1) is 24.7 Å². The predicted octanol–water partition coefficient (Wildman–Crippen LogP) is 0.817. The first kappa shape index (κ1) is 14.5. The van der Waals surface area contributed by atoms with Crippen LogP contribution >= 0.6 is 0 Å². The summed E-state index contributed by atoms with van der Waals surface area (Å²) in [7, 11) is -3.50. The average molecular weight is 285 g/mol. The van der Waals surface area contributed by atoms with Crippen molar-refractivity contribution in [1.82, 2.24) is 4.31 Å². The summed E-state index contributed by atoms with van der Waals surface area (Å²) in [6.07, 6.45) is 0. The van der Waals surface area contributed by atoms with E-state index in [1.807, 2.05) is 6.92 Å². The molecule has 1 fully saturated rings. The highest BCUT2D eigenvalue weighted by Crippen LogP contribution is 2.24. The molecule has 0 aromatic heterocycles. The molecule has 1 aliphatic heterocycles. The highest BCUT2D eigenvalue weighted by molar-refractivity contribution is 7.89. The van der Waals surface area contributed by atoms with Gasteiger partial charge in [0.15, 0.2) is 0 Å². The molecular weight excluding hydrogens is 266 g/mol. The summed E-state index contributed by atoms with van der Waals surface area (Å²) in [5, 5.41) is 9.28. The van der Waals surface area contributed by atoms with Crippen molar-refractivity contribution < 1.29 is 18.3 Å². The van der Waals surface area contributed by atoms with Gasteiger partial charge in [0.1, 0.15) is 0 Å². The van der Waals surface area contributed by atoms with Crippen LogP contribution in [0.25, 0.3) is 0 Å². The summed E-state index contributed by atoms with van der Waals surface area (Å²) in [5.41, 5.74) is 2.26. The molecule has 1 aromatic carbocycles. The van der Waals surface area contributed by atoms with Gasteiger partial charge in [-0.25, -0.2) is 8.42 Å². The van der Waals surface area contributed by atoms with Crippen LogP contribution in [0.2, 0.25) is 0 Å². The number of aliphatic hydroxyl groups excluding tert-OH is 1. The molecule has 0 atom stereocenters. The third kappa shape index (κ3) is 2.81. The molecule has 2 rings (SSSR count). The fraction of sp³-hybridized carbons (Fsp3) is 0.538. The molecule has 0 spiro atoms. The van der Waals surface area contributed by atoms with Crippen LogP contribution in [0.5, 0.6) is 0 Å². The Morgan fingerprint density at radius 1 is 1.21 bits per heavy atom. The van der Waals surface area contributed by atoms with Crippen LogP contribution in [0.4, 0.5) is 0 Å². The van der Waals surface area contributed by atoms with E-state index >= 15 is 0 Å². The van der Waals surface area contributed by atoms with Crippen LogP contribution in [0.3, 0.4) is 0 Å². The standard InChI is InChI=1S/C13H19NO4S/c1-10-7-11(2)13(8-12(10)9-15)19(16,17)14-3-5-18-6-4-14/h7-8,15H,3-6,9H2,1-2H3. The van der Waals surface area contributed by atoms with Crippen molar-refractivity contribution in [3.8, 4) is 0 Å². The lowest BCUT2D eigenvalue weighted by Gasteiger charge is -2.27. The lowest BCUT2D eigenvalue weighted by atomic mass is 10.1. The predicted molar refractivity (Wildman–Crippen MR) is 71.4 cm³/mol. The molecule has 5 nitrogen and oxygen atoms in total. The number of rotatable bonds is 3. The zero-order chi connectivity index (χ0) is 14.0. The molecule has 1 N–H and O–H groups in total. The fourth-order valence-corrected chi connectivity index (χ4v) is 3.91. The van der Waals surface area contributed by atoms with Crippen LogP contribution in [-0.2, 0) is 21.4 Å². The topological polar surface area (TPSA) is 66.8 Å². The first-order valence-electron chi connectivity index (χ1n) is 6.25. The molecule has 6 heteroatoms. The normalized spacial score (nSPS) is 17.6. The van der Waals surface area contributed by atoms with E-state index in [0.717, 1.165) is 5.56 Å². The van der Waals surface area contributed by atoms with Gasteiger partial charge in [-0.15, -0.1) is 0 Å². The van der Waals surface area contributed by atoms with Gasteiger partial charge in [0.2, 0.25) is 10.0 Å². The second-order valence-electron chi connectivity index (χ2n) is 4.72. The molecular formula is C13H19NO4S. The molecule has 0 aliphatic carbocycles. The van der Waals surface area contributed by atoms with Crippen LogP contribution in [-0.4, -0.2) is 44.1 Å². The minimum Gasteiger partial charge on any atom is -0.392 e. The van der Waals surface area contributed by atoms with Gasteiger partial charge in [-0.1, -0.05) is 6.07 Å². The summed E-state index contributed by atoms with van der Waals surface area (Å²) in [6, 6.07) is 3.38. The van der Waals surface area contributed by atoms with Crippen LogP contribution in [0, 0.1) is 13.8 Å². The molecule has 0 radical (unpaired) electrons. The summed E-state index contributed by atoms with van der Waals surface area (Å²) in [5.74, 6) is 0. The Balaban J connectivity index is 2.44. The second-order valence-corrected chi connectivity index (χ2v) is 6.63. The van der Waals surface area contributed by atoms with E-state index in [1.54, 1.807) is 19.1 Å². The van der Waals surface area contributed by atoms with E-state index in [9.17, 15) is 13.5 Å². The Hall–Kier alpha value is -0.950. The monoisotopic (exact) mass is 285 g/mol. The Bertz CT molecular complexity index is 562. The van der Waals surface area contributed by atoms with Gasteiger partial charge < -0.3 is 9.84 Å². The lowest BCUT2D eigenvalue weighted by Crippen LogP contribution is -2.40. The number of hydrogen-bond donors (Lipinski definition) is 1. The molecule has 0 bridgehead atoms. The van der Waals surface area contributed by atoms with Crippen molar-refractivity contribution in [1.29, 1.82) is 0 Å². The van der Waals surface area contributed by atoms with E-state index < -0.39 is 10.0 Å². The third-order valence-corrected chi connectivity index (χ3v) is 5.43. The van der Waals surface area contributed by atoms with Crippen LogP contribution in [0.1, 0.15) is 16.7 Å². The zero-order valence-corrected chi connectivity index (χ0v) is 12.0. The number of nitrogens with zero attached hydrogens (tertiary/aromatic N) is 1. The Morgan fingerprint density at radius 2 is 1.84 bits per heavy atom. The number of benzene rings is 1. The highest BCUT2D eigenvalue weighted by Gasteiger charge is 2.28. The van der Waals surface area contributed by atoms with Crippen molar-refractivity contribution in [2.24, 2.45) is 0 Å². The SMILES string of the molecule is Cc1cc(C)c(S(=O)(=O)N2CCOCC2)cc1CO. The Kier molecular flexibility index (Phi) is 4.25. The second kappa shape index (κ2) is 5.58. The van der Waals surface area contributed by atoms with Crippen molar-refractivity contribution in [3.63, 3.8) is 0 Å². The van der Waals surface area contributed by atoms with Crippen molar-refractivity contribution in [2.75, 3.05) is 26.3 Å². The Morgan fingerprint density at radius 3 is 2.42 bits per heavy atom. The van der Waals surface area contributed by atoms with Gasteiger partial charge >= 0.3 is 0 Å². The number of ether oxygens (including phenoxy) is 1. The number of aliphatic hydroxyl groups is 1. The fourth-order valence-electron chi connectivity index (χ4n) is 2.25. The highest BCUT2D eigenvalue weighted by atomic mass is 32.2.